The molecule has 0 spiro atoms. The Labute approximate surface area is 152 Å². The minimum Gasteiger partial charge on any atom is -0.370 e. The average Bonchev–Trinajstić information content (AvgIpc) is 2.89. The Morgan fingerprint density at radius 3 is 2.71 bits per heavy atom. The highest BCUT2D eigenvalue weighted by atomic mass is 35.5. The van der Waals surface area contributed by atoms with Gasteiger partial charge in [-0.1, -0.05) is 6.07 Å². The van der Waals surface area contributed by atoms with Gasteiger partial charge in [0, 0.05) is 17.4 Å². The van der Waals surface area contributed by atoms with Crippen LogP contribution in [0.4, 0.5) is 4.39 Å². The van der Waals surface area contributed by atoms with Gasteiger partial charge in [0.1, 0.15) is 11.5 Å². The van der Waals surface area contributed by atoms with Gasteiger partial charge in [0.15, 0.2) is 5.96 Å². The van der Waals surface area contributed by atoms with Gasteiger partial charge in [-0.2, -0.15) is 0 Å². The molecule has 0 saturated heterocycles. The van der Waals surface area contributed by atoms with Crippen molar-refractivity contribution in [1.82, 2.24) is 15.2 Å². The van der Waals surface area contributed by atoms with Crippen molar-refractivity contribution in [3.8, 4) is 0 Å². The quantitative estimate of drug-likeness (QED) is 0.423. The van der Waals surface area contributed by atoms with Crippen LogP contribution in [-0.4, -0.2) is 48.9 Å². The molecule has 0 aliphatic rings. The Balaban J connectivity index is 0.00000264. The van der Waals surface area contributed by atoms with E-state index >= 15 is 0 Å². The SMILES string of the molecule is CN(C)CCCN=C(N)NC(=O)c1cc2c(F)cccc2[nH]1.Cl.Cl. The van der Waals surface area contributed by atoms with E-state index in [1.54, 1.807) is 12.1 Å². The van der Waals surface area contributed by atoms with Crippen LogP contribution in [0.1, 0.15) is 16.9 Å². The molecule has 2 rings (SSSR count). The lowest BCUT2D eigenvalue weighted by Gasteiger charge is -2.07. The number of H-pyrrole nitrogens is 1. The Morgan fingerprint density at radius 2 is 2.08 bits per heavy atom. The lowest BCUT2D eigenvalue weighted by atomic mass is 10.2. The normalized spacial score (nSPS) is 11.1. The molecule has 9 heteroatoms. The van der Waals surface area contributed by atoms with Crippen LogP contribution < -0.4 is 11.1 Å². The topological polar surface area (TPSA) is 86.5 Å². The summed E-state index contributed by atoms with van der Waals surface area (Å²) in [5.41, 5.74) is 6.47. The number of hydrogen-bond donors (Lipinski definition) is 3. The average molecular weight is 378 g/mol. The predicted octanol–water partition coefficient (Wildman–Crippen LogP) is 2.15. The van der Waals surface area contributed by atoms with Crippen LogP contribution in [0.25, 0.3) is 10.9 Å². The van der Waals surface area contributed by atoms with Gasteiger partial charge in [0.05, 0.1) is 0 Å². The first-order chi connectivity index (χ1) is 10.5. The van der Waals surface area contributed by atoms with Gasteiger partial charge in [-0.3, -0.25) is 15.1 Å². The molecular formula is C15H22Cl2FN5O. The summed E-state index contributed by atoms with van der Waals surface area (Å²) in [6, 6.07) is 6.09. The monoisotopic (exact) mass is 377 g/mol. The number of nitrogens with one attached hydrogen (secondary N) is 2. The van der Waals surface area contributed by atoms with Crippen molar-refractivity contribution in [2.24, 2.45) is 10.7 Å². The molecule has 1 aromatic carbocycles. The van der Waals surface area contributed by atoms with E-state index in [1.165, 1.54) is 12.1 Å². The Morgan fingerprint density at radius 1 is 1.38 bits per heavy atom. The van der Waals surface area contributed by atoms with Crippen molar-refractivity contribution in [2.45, 2.75) is 6.42 Å². The summed E-state index contributed by atoms with van der Waals surface area (Å²) in [7, 11) is 3.95. The molecule has 1 aromatic heterocycles. The predicted molar refractivity (Wildman–Crippen MR) is 99.9 cm³/mol. The van der Waals surface area contributed by atoms with E-state index < -0.39 is 5.91 Å². The number of rotatable bonds is 5. The first-order valence-electron chi connectivity index (χ1n) is 7.00. The molecule has 0 unspecified atom stereocenters. The van der Waals surface area contributed by atoms with E-state index in [1.807, 2.05) is 19.0 Å². The van der Waals surface area contributed by atoms with Gasteiger partial charge in [0.25, 0.3) is 5.91 Å². The van der Waals surface area contributed by atoms with E-state index in [-0.39, 0.29) is 42.3 Å². The molecule has 0 aliphatic carbocycles. The highest BCUT2D eigenvalue weighted by molar-refractivity contribution is 6.06. The smallest absolute Gasteiger partial charge is 0.274 e. The minimum atomic E-state index is -0.440. The molecule has 0 bridgehead atoms. The number of fused-ring (bicyclic) bond motifs is 1. The van der Waals surface area contributed by atoms with Crippen LogP contribution in [0.15, 0.2) is 29.3 Å². The summed E-state index contributed by atoms with van der Waals surface area (Å²) in [5.74, 6) is -0.759. The van der Waals surface area contributed by atoms with Crippen LogP contribution in [0.5, 0.6) is 0 Å². The van der Waals surface area contributed by atoms with Crippen molar-refractivity contribution in [1.29, 1.82) is 0 Å². The Bertz CT molecular complexity index is 702. The number of aromatic nitrogens is 1. The lowest BCUT2D eigenvalue weighted by molar-refractivity contribution is 0.0972. The van der Waals surface area contributed by atoms with Crippen LogP contribution in [0, 0.1) is 5.82 Å². The Kier molecular flexibility index (Phi) is 9.35. The number of aliphatic imine (C=N–C) groups is 1. The van der Waals surface area contributed by atoms with Crippen molar-refractivity contribution < 1.29 is 9.18 Å². The molecule has 0 atom stereocenters. The molecule has 0 radical (unpaired) electrons. The molecule has 24 heavy (non-hydrogen) atoms. The summed E-state index contributed by atoms with van der Waals surface area (Å²) in [4.78, 5) is 21.0. The second kappa shape index (κ2) is 10.1. The molecule has 134 valence electrons. The molecule has 1 amide bonds. The summed E-state index contributed by atoms with van der Waals surface area (Å²) in [6.07, 6.45) is 0.848. The maximum absolute atomic E-state index is 13.6. The number of aromatic amines is 1. The number of guanidine groups is 1. The van der Waals surface area contributed by atoms with Crippen molar-refractivity contribution in [3.05, 3.63) is 35.8 Å². The van der Waals surface area contributed by atoms with Crippen LogP contribution in [0.2, 0.25) is 0 Å². The van der Waals surface area contributed by atoms with Gasteiger partial charge in [-0.25, -0.2) is 4.39 Å². The van der Waals surface area contributed by atoms with E-state index in [4.69, 9.17) is 5.73 Å². The zero-order chi connectivity index (χ0) is 16.1. The third-order valence-corrected chi connectivity index (χ3v) is 3.14. The first-order valence-corrected chi connectivity index (χ1v) is 7.00. The molecule has 0 aliphatic heterocycles. The summed E-state index contributed by atoms with van der Waals surface area (Å²) in [6.45, 7) is 1.43. The largest absolute Gasteiger partial charge is 0.370 e. The number of amides is 1. The van der Waals surface area contributed by atoms with Crippen LogP contribution in [0.3, 0.4) is 0 Å². The molecule has 6 nitrogen and oxygen atoms in total. The molecule has 1 heterocycles. The maximum Gasteiger partial charge on any atom is 0.274 e. The van der Waals surface area contributed by atoms with E-state index in [2.05, 4.69) is 15.3 Å². The second-order valence-corrected chi connectivity index (χ2v) is 5.26. The number of carbonyl (C=O) groups is 1. The fourth-order valence-electron chi connectivity index (χ4n) is 2.05. The van der Waals surface area contributed by atoms with Gasteiger partial charge in [-0.15, -0.1) is 24.8 Å². The third kappa shape index (κ3) is 5.99. The van der Waals surface area contributed by atoms with Gasteiger partial charge in [0.2, 0.25) is 0 Å². The van der Waals surface area contributed by atoms with Gasteiger partial charge in [-0.05, 0) is 45.3 Å². The molecule has 0 fully saturated rings. The number of hydrogen-bond acceptors (Lipinski definition) is 3. The maximum atomic E-state index is 13.6. The molecule has 4 N–H and O–H groups in total. The zero-order valence-corrected chi connectivity index (χ0v) is 15.1. The summed E-state index contributed by atoms with van der Waals surface area (Å²) in [5, 5.41) is 2.86. The summed E-state index contributed by atoms with van der Waals surface area (Å²) < 4.78 is 13.6. The van der Waals surface area contributed by atoms with Crippen molar-refractivity contribution in [2.75, 3.05) is 27.2 Å². The van der Waals surface area contributed by atoms with Crippen LogP contribution in [-0.2, 0) is 0 Å². The van der Waals surface area contributed by atoms with E-state index in [9.17, 15) is 9.18 Å². The van der Waals surface area contributed by atoms with Gasteiger partial charge >= 0.3 is 0 Å². The van der Waals surface area contributed by atoms with Crippen molar-refractivity contribution in [3.63, 3.8) is 0 Å². The number of nitrogens with two attached hydrogens (primary N) is 1. The standard InChI is InChI=1S/C15H20FN5O.2ClH/c1-21(2)8-4-7-18-15(17)20-14(22)13-9-10-11(16)5-3-6-12(10)19-13;;/h3,5-6,9,19H,4,7-8H2,1-2H3,(H3,17,18,20,22);2*1H. The first kappa shape index (κ1) is 22.2. The summed E-state index contributed by atoms with van der Waals surface area (Å²) >= 11 is 0. The number of halogens is 3. The fourth-order valence-corrected chi connectivity index (χ4v) is 2.05. The second-order valence-electron chi connectivity index (χ2n) is 5.26. The number of benzene rings is 1. The van der Waals surface area contributed by atoms with Gasteiger partial charge < -0.3 is 15.6 Å². The minimum absolute atomic E-state index is 0. The van der Waals surface area contributed by atoms with Crippen molar-refractivity contribution >= 4 is 47.6 Å². The third-order valence-electron chi connectivity index (χ3n) is 3.14. The number of carbonyl (C=O) groups excluding carboxylic acids is 1. The highest BCUT2D eigenvalue weighted by Gasteiger charge is 2.12. The lowest BCUT2D eigenvalue weighted by Crippen LogP contribution is -2.37. The number of nitrogens with zero attached hydrogens (tertiary/aromatic N) is 2. The van der Waals surface area contributed by atoms with E-state index in [0.29, 0.717) is 17.4 Å². The zero-order valence-electron chi connectivity index (χ0n) is 13.5. The molecule has 0 saturated carbocycles. The Hall–Kier alpha value is -1.83. The molecular weight excluding hydrogens is 356 g/mol. The highest BCUT2D eigenvalue weighted by Crippen LogP contribution is 2.18. The van der Waals surface area contributed by atoms with Crippen LogP contribution >= 0.6 is 24.8 Å². The van der Waals surface area contributed by atoms with E-state index in [0.717, 1.165) is 13.0 Å². The molecule has 2 aromatic rings. The fraction of sp³-hybridized carbons (Fsp3) is 0.333.